The molecule has 0 bridgehead atoms. The van der Waals surface area contributed by atoms with Crippen molar-refractivity contribution in [1.82, 2.24) is 0 Å². The number of rotatable bonds is 4. The predicted octanol–water partition coefficient (Wildman–Crippen LogP) is 9.82. The van der Waals surface area contributed by atoms with Crippen molar-refractivity contribution in [2.45, 2.75) is 0 Å². The first kappa shape index (κ1) is 17.8. The van der Waals surface area contributed by atoms with Crippen molar-refractivity contribution in [3.63, 3.8) is 0 Å². The Hall–Kier alpha value is -2.02. The molecule has 5 heterocycles. The summed E-state index contributed by atoms with van der Waals surface area (Å²) in [6.07, 6.45) is 0. The Balaban J connectivity index is 1.79. The summed E-state index contributed by atoms with van der Waals surface area (Å²) in [4.78, 5) is 8.15. The van der Waals surface area contributed by atoms with Gasteiger partial charge in [0.15, 0.2) is 0 Å². The smallest absolute Gasteiger partial charge is 0.0534 e. The first-order valence-corrected chi connectivity index (χ1v) is 13.5. The quantitative estimate of drug-likeness (QED) is 0.244. The van der Waals surface area contributed by atoms with Crippen molar-refractivity contribution in [3.8, 4) is 40.4 Å². The zero-order valence-corrected chi connectivity index (χ0v) is 19.2. The van der Waals surface area contributed by atoms with Crippen LogP contribution in [0, 0.1) is 0 Å². The summed E-state index contributed by atoms with van der Waals surface area (Å²) < 4.78 is 0. The van der Waals surface area contributed by atoms with E-state index in [-0.39, 0.29) is 0 Å². The maximum absolute atomic E-state index is 2.32. The third-order valence-corrected chi connectivity index (χ3v) is 10.0. The van der Waals surface area contributed by atoms with Crippen LogP contribution in [0.25, 0.3) is 51.2 Å². The summed E-state index contributed by atoms with van der Waals surface area (Å²) in [5.41, 5.74) is 2.69. The highest BCUT2D eigenvalue weighted by molar-refractivity contribution is 7.27. The Kier molecular flexibility index (Phi) is 4.51. The molecular formula is C24H14S5. The molecule has 0 radical (unpaired) electrons. The molecule has 0 saturated heterocycles. The van der Waals surface area contributed by atoms with Gasteiger partial charge >= 0.3 is 0 Å². The van der Waals surface area contributed by atoms with Gasteiger partial charge in [0.2, 0.25) is 0 Å². The van der Waals surface area contributed by atoms with Gasteiger partial charge in [-0.1, -0.05) is 36.4 Å². The molecule has 5 heteroatoms. The van der Waals surface area contributed by atoms with Crippen LogP contribution in [0.15, 0.2) is 82.2 Å². The lowest BCUT2D eigenvalue weighted by molar-refractivity contribution is 1.78. The molecule has 5 aromatic heterocycles. The highest BCUT2D eigenvalue weighted by Gasteiger charge is 2.23. The number of thiophene rings is 5. The molecule has 0 atom stereocenters. The van der Waals surface area contributed by atoms with Crippen LogP contribution >= 0.6 is 56.7 Å². The van der Waals surface area contributed by atoms with Crippen molar-refractivity contribution in [2.75, 3.05) is 0 Å². The molecule has 1 aromatic carbocycles. The van der Waals surface area contributed by atoms with Gasteiger partial charge in [-0.3, -0.25) is 0 Å². The van der Waals surface area contributed by atoms with E-state index < -0.39 is 0 Å². The Bertz CT molecular complexity index is 1260. The summed E-state index contributed by atoms with van der Waals surface area (Å²) in [5, 5.41) is 11.5. The molecule has 0 nitrogen and oxygen atoms in total. The Morgan fingerprint density at radius 1 is 0.414 bits per heavy atom. The topological polar surface area (TPSA) is 0 Å². The minimum absolute atomic E-state index is 1.33. The van der Waals surface area contributed by atoms with E-state index in [1.807, 2.05) is 56.7 Å². The fourth-order valence-electron chi connectivity index (χ4n) is 3.72. The van der Waals surface area contributed by atoms with Gasteiger partial charge in [-0.05, 0) is 45.8 Å². The van der Waals surface area contributed by atoms with E-state index in [1.54, 1.807) is 0 Å². The highest BCUT2D eigenvalue weighted by atomic mass is 32.1. The van der Waals surface area contributed by atoms with Gasteiger partial charge in [0.25, 0.3) is 0 Å². The summed E-state index contributed by atoms with van der Waals surface area (Å²) in [7, 11) is 0. The van der Waals surface area contributed by atoms with Gasteiger partial charge < -0.3 is 0 Å². The van der Waals surface area contributed by atoms with Crippen molar-refractivity contribution in [1.29, 1.82) is 0 Å². The van der Waals surface area contributed by atoms with Gasteiger partial charge in [-0.15, -0.1) is 56.7 Å². The lowest BCUT2D eigenvalue weighted by Crippen LogP contribution is -1.82. The normalized spacial score (nSPS) is 11.4. The van der Waals surface area contributed by atoms with Gasteiger partial charge in [0.1, 0.15) is 0 Å². The summed E-state index contributed by atoms with van der Waals surface area (Å²) in [6.45, 7) is 0. The van der Waals surface area contributed by atoms with Gasteiger partial charge in [0.05, 0.1) is 9.75 Å². The van der Waals surface area contributed by atoms with E-state index in [0.717, 1.165) is 0 Å². The number of fused-ring (bicyclic) bond motifs is 1. The van der Waals surface area contributed by atoms with Crippen LogP contribution in [0.5, 0.6) is 0 Å². The number of hydrogen-bond donors (Lipinski definition) is 0. The van der Waals surface area contributed by atoms with Crippen molar-refractivity contribution >= 4 is 67.5 Å². The van der Waals surface area contributed by atoms with Crippen LogP contribution in [0.3, 0.4) is 0 Å². The van der Waals surface area contributed by atoms with E-state index in [1.165, 1.54) is 51.2 Å². The van der Waals surface area contributed by atoms with Gasteiger partial charge in [-0.25, -0.2) is 0 Å². The summed E-state index contributed by atoms with van der Waals surface area (Å²) >= 11 is 9.24. The molecule has 0 aliphatic heterocycles. The molecule has 0 unspecified atom stereocenters. The van der Waals surface area contributed by atoms with E-state index >= 15 is 0 Å². The molecule has 0 fully saturated rings. The molecule has 6 rings (SSSR count). The monoisotopic (exact) mass is 462 g/mol. The Morgan fingerprint density at radius 2 is 0.793 bits per heavy atom. The fraction of sp³-hybridized carbons (Fsp3) is 0. The second kappa shape index (κ2) is 7.35. The summed E-state index contributed by atoms with van der Waals surface area (Å²) in [6, 6.07) is 22.3. The number of benzene rings is 1. The Morgan fingerprint density at radius 3 is 1.14 bits per heavy atom. The molecule has 140 valence electrons. The van der Waals surface area contributed by atoms with Crippen LogP contribution in [-0.4, -0.2) is 0 Å². The lowest BCUT2D eigenvalue weighted by Gasteiger charge is -2.09. The van der Waals surface area contributed by atoms with Crippen molar-refractivity contribution < 1.29 is 0 Å². The molecule has 0 N–H and O–H groups in total. The first-order chi connectivity index (χ1) is 14.4. The molecule has 29 heavy (non-hydrogen) atoms. The van der Waals surface area contributed by atoms with E-state index in [9.17, 15) is 0 Å². The molecule has 0 saturated carbocycles. The molecular weight excluding hydrogens is 449 g/mol. The summed E-state index contributed by atoms with van der Waals surface area (Å²) in [5.74, 6) is 0. The van der Waals surface area contributed by atoms with Crippen LogP contribution in [0.1, 0.15) is 0 Å². The Labute approximate surface area is 189 Å². The largest absolute Gasteiger partial charge is 0.144 e. The van der Waals surface area contributed by atoms with Gasteiger partial charge in [0, 0.05) is 41.4 Å². The maximum Gasteiger partial charge on any atom is 0.0534 e. The maximum atomic E-state index is 2.32. The third kappa shape index (κ3) is 2.97. The second-order valence-corrected chi connectivity index (χ2v) is 11.4. The molecule has 0 amide bonds. The fourth-order valence-corrected chi connectivity index (χ4v) is 8.28. The average molecular weight is 463 g/mol. The average Bonchev–Trinajstić information content (AvgIpc) is 3.55. The predicted molar refractivity (Wildman–Crippen MR) is 135 cm³/mol. The first-order valence-electron chi connectivity index (χ1n) is 9.15. The van der Waals surface area contributed by atoms with Gasteiger partial charge in [-0.2, -0.15) is 0 Å². The highest BCUT2D eigenvalue weighted by Crippen LogP contribution is 2.53. The standard InChI is InChI=1S/C24H14S5/c1-5-17(25-11-1)15-9-10-16(18-6-2-12-26-18)22-21(15)23(19-7-3-13-27-19)29-24(22)20-8-4-14-28-20/h1-14H. The van der Waals surface area contributed by atoms with Crippen LogP contribution < -0.4 is 0 Å². The third-order valence-electron chi connectivity index (χ3n) is 4.93. The van der Waals surface area contributed by atoms with Crippen LogP contribution in [-0.2, 0) is 0 Å². The second-order valence-electron chi connectivity index (χ2n) is 6.58. The van der Waals surface area contributed by atoms with E-state index in [0.29, 0.717) is 0 Å². The minimum Gasteiger partial charge on any atom is -0.144 e. The number of hydrogen-bond acceptors (Lipinski definition) is 5. The van der Waals surface area contributed by atoms with E-state index in [2.05, 4.69) is 82.2 Å². The molecule has 6 aromatic rings. The van der Waals surface area contributed by atoms with Crippen LogP contribution in [0.4, 0.5) is 0 Å². The zero-order chi connectivity index (χ0) is 19.2. The van der Waals surface area contributed by atoms with Crippen LogP contribution in [0.2, 0.25) is 0 Å². The SMILES string of the molecule is c1csc(-c2ccc(-c3cccs3)c3c(-c4cccs4)sc(-c4cccs4)c23)c1. The minimum atomic E-state index is 1.33. The molecule has 0 aliphatic rings. The van der Waals surface area contributed by atoms with Crippen molar-refractivity contribution in [2.24, 2.45) is 0 Å². The zero-order valence-electron chi connectivity index (χ0n) is 15.1. The van der Waals surface area contributed by atoms with Crippen molar-refractivity contribution in [3.05, 3.63) is 82.2 Å². The molecule has 0 aliphatic carbocycles. The lowest BCUT2D eigenvalue weighted by atomic mass is 9.97. The molecule has 0 spiro atoms. The van der Waals surface area contributed by atoms with E-state index in [4.69, 9.17) is 0 Å².